The van der Waals surface area contributed by atoms with Crippen LogP contribution in [0.4, 0.5) is 30.2 Å². The number of rotatable bonds is 5. The molecule has 0 atom stereocenters. The van der Waals surface area contributed by atoms with Gasteiger partial charge in [0.05, 0.1) is 21.7 Å². The van der Waals surface area contributed by atoms with E-state index in [1.165, 1.54) is 14.1 Å². The molecule has 0 saturated carbocycles. The Morgan fingerprint density at radius 3 is 2.42 bits per heavy atom. The van der Waals surface area contributed by atoms with Gasteiger partial charge < -0.3 is 20.5 Å². The molecule has 1 heterocycles. The van der Waals surface area contributed by atoms with Gasteiger partial charge in [-0.15, -0.1) is 0 Å². The van der Waals surface area contributed by atoms with Crippen molar-refractivity contribution in [1.82, 2.24) is 10.0 Å². The number of fused-ring (bicyclic) bond motifs is 1. The molecule has 0 unspecified atom stereocenters. The number of benzene rings is 2. The predicted molar refractivity (Wildman–Crippen MR) is 105 cm³/mol. The number of carbonyl (C=O) groups excluding carboxylic acids is 1. The fourth-order valence-corrected chi connectivity index (χ4v) is 3.08. The Labute approximate surface area is 171 Å². The molecule has 1 aromatic heterocycles. The van der Waals surface area contributed by atoms with Crippen LogP contribution in [0.25, 0.3) is 16.6 Å². The number of nitrogens with one attached hydrogen (secondary N) is 2. The van der Waals surface area contributed by atoms with E-state index in [9.17, 15) is 32.9 Å². The lowest BCUT2D eigenvalue weighted by Gasteiger charge is -2.16. The Balaban J connectivity index is 2.62. The Morgan fingerprint density at radius 2 is 1.84 bits per heavy atom. The average molecular weight is 437 g/mol. The number of halogens is 3. The number of nitrogen functional groups attached to an aromatic ring is 1. The zero-order valence-corrected chi connectivity index (χ0v) is 16.0. The van der Waals surface area contributed by atoms with Crippen LogP contribution < -0.4 is 22.0 Å². The zero-order valence-electron chi connectivity index (χ0n) is 16.0. The van der Waals surface area contributed by atoms with Crippen LogP contribution in [-0.2, 0) is 4.84 Å². The minimum atomic E-state index is -1.22. The normalized spacial score (nSPS) is 10.9. The summed E-state index contributed by atoms with van der Waals surface area (Å²) in [5.74, 6) is -4.70. The number of anilines is 2. The number of hydrogen-bond donors (Lipinski definition) is 3. The molecule has 0 radical (unpaired) electrons. The van der Waals surface area contributed by atoms with E-state index in [2.05, 4.69) is 15.6 Å². The van der Waals surface area contributed by atoms with E-state index in [4.69, 9.17) is 5.73 Å². The molecule has 3 aromatic rings. The van der Waals surface area contributed by atoms with E-state index in [0.29, 0.717) is 12.1 Å². The second kappa shape index (κ2) is 7.95. The van der Waals surface area contributed by atoms with Crippen LogP contribution in [0.15, 0.2) is 29.2 Å². The summed E-state index contributed by atoms with van der Waals surface area (Å²) in [5, 5.41) is 13.5. The third-order valence-electron chi connectivity index (χ3n) is 4.39. The lowest BCUT2D eigenvalue weighted by Crippen LogP contribution is -2.25. The third kappa shape index (κ3) is 3.50. The maximum atomic E-state index is 14.6. The smallest absolute Gasteiger partial charge is 0.362 e. The summed E-state index contributed by atoms with van der Waals surface area (Å²) in [4.78, 5) is 40.4. The lowest BCUT2D eigenvalue weighted by molar-refractivity contribution is -0.382. The van der Waals surface area contributed by atoms with Crippen molar-refractivity contribution in [3.63, 3.8) is 0 Å². The number of nitrogens with two attached hydrogens (primary N) is 1. The molecule has 0 fully saturated rings. The van der Waals surface area contributed by atoms with E-state index in [-0.39, 0.29) is 0 Å². The number of hydrogen-bond acceptors (Lipinski definition) is 8. The van der Waals surface area contributed by atoms with Gasteiger partial charge in [0.25, 0.3) is 0 Å². The topological polar surface area (TPSA) is 142 Å². The molecule has 4 N–H and O–H groups in total. The molecule has 31 heavy (non-hydrogen) atoms. The quantitative estimate of drug-likeness (QED) is 0.313. The first-order valence-electron chi connectivity index (χ1n) is 8.49. The number of carbonyl (C=O) groups is 1. The maximum absolute atomic E-state index is 14.6. The van der Waals surface area contributed by atoms with Gasteiger partial charge in [0.2, 0.25) is 5.43 Å². The Hall–Kier alpha value is -4.13. The summed E-state index contributed by atoms with van der Waals surface area (Å²) in [5.41, 5.74) is 2.66. The van der Waals surface area contributed by atoms with Gasteiger partial charge in [0.15, 0.2) is 11.5 Å². The van der Waals surface area contributed by atoms with E-state index >= 15 is 0 Å². The largest absolute Gasteiger partial charge is 0.396 e. The molecule has 0 aliphatic heterocycles. The highest BCUT2D eigenvalue weighted by molar-refractivity contribution is 6.00. The highest BCUT2D eigenvalue weighted by atomic mass is 19.1. The first kappa shape index (κ1) is 21.6. The number of hydroxylamine groups is 1. The van der Waals surface area contributed by atoms with Crippen LogP contribution in [0.2, 0.25) is 0 Å². The van der Waals surface area contributed by atoms with Gasteiger partial charge in [0.1, 0.15) is 22.7 Å². The van der Waals surface area contributed by atoms with Crippen molar-refractivity contribution in [2.45, 2.75) is 0 Å². The highest BCUT2D eigenvalue weighted by Gasteiger charge is 2.30. The second-order valence-electron chi connectivity index (χ2n) is 6.15. The number of aromatic nitrogens is 1. The zero-order chi connectivity index (χ0) is 23.0. The van der Waals surface area contributed by atoms with E-state index < -0.39 is 73.0 Å². The maximum Gasteiger partial charge on any atom is 0.362 e. The standard InChI is InChI=1S/C18H14F3N5O5/c1-23-14-11(21)3-7-15(16(14)26(29)30)25(6-8(17(7)27)18(28)31-24-2)13-5-12(22)9(19)4-10(13)20/h3-6,23-24H,22H2,1-2H3. The van der Waals surface area contributed by atoms with Gasteiger partial charge in [0, 0.05) is 26.4 Å². The molecule has 3 rings (SSSR count). The summed E-state index contributed by atoms with van der Waals surface area (Å²) in [6.45, 7) is 0. The van der Waals surface area contributed by atoms with Gasteiger partial charge in [-0.1, -0.05) is 0 Å². The van der Waals surface area contributed by atoms with Crippen molar-refractivity contribution in [1.29, 1.82) is 0 Å². The molecule has 0 saturated heterocycles. The Kier molecular flexibility index (Phi) is 5.53. The van der Waals surface area contributed by atoms with Crippen LogP contribution in [-0.4, -0.2) is 29.6 Å². The fraction of sp³-hybridized carbons (Fsp3) is 0.111. The van der Waals surface area contributed by atoms with E-state index in [1.807, 2.05) is 0 Å². The summed E-state index contributed by atoms with van der Waals surface area (Å²) >= 11 is 0. The highest BCUT2D eigenvalue weighted by Crippen LogP contribution is 2.37. The molecular weight excluding hydrogens is 423 g/mol. The van der Waals surface area contributed by atoms with Crippen molar-refractivity contribution in [2.24, 2.45) is 0 Å². The van der Waals surface area contributed by atoms with Crippen LogP contribution in [0.1, 0.15) is 10.4 Å². The molecule has 2 aromatic carbocycles. The van der Waals surface area contributed by atoms with Gasteiger partial charge in [-0.3, -0.25) is 14.9 Å². The molecule has 0 aliphatic carbocycles. The SMILES string of the molecule is CNOC(=O)c1cn(-c2cc(N)c(F)cc2F)c2c([N+](=O)[O-])c(NC)c(F)cc2c1=O. The molecular formula is C18H14F3N5O5. The van der Waals surface area contributed by atoms with Crippen molar-refractivity contribution < 1.29 is 27.7 Å². The molecule has 0 amide bonds. The summed E-state index contributed by atoms with van der Waals surface area (Å²) in [6.07, 6.45) is 0.768. The summed E-state index contributed by atoms with van der Waals surface area (Å²) in [7, 11) is 2.43. The number of nitrogens with zero attached hydrogens (tertiary/aromatic N) is 2. The van der Waals surface area contributed by atoms with Crippen LogP contribution >= 0.6 is 0 Å². The average Bonchev–Trinajstić information content (AvgIpc) is 2.70. The predicted octanol–water partition coefficient (Wildman–Crippen LogP) is 2.23. The van der Waals surface area contributed by atoms with Gasteiger partial charge in [-0.05, 0) is 12.1 Å². The van der Waals surface area contributed by atoms with Crippen molar-refractivity contribution in [2.75, 3.05) is 25.1 Å². The molecule has 0 aliphatic rings. The van der Waals surface area contributed by atoms with Crippen LogP contribution in [0.3, 0.4) is 0 Å². The van der Waals surface area contributed by atoms with Gasteiger partial charge in [-0.25, -0.2) is 18.0 Å². The fourth-order valence-electron chi connectivity index (χ4n) is 3.08. The molecule has 162 valence electrons. The Bertz CT molecular complexity index is 1310. The molecule has 0 spiro atoms. The molecule has 10 nitrogen and oxygen atoms in total. The first-order valence-corrected chi connectivity index (χ1v) is 8.49. The van der Waals surface area contributed by atoms with E-state index in [0.717, 1.165) is 16.8 Å². The molecule has 13 heteroatoms. The van der Waals surface area contributed by atoms with Gasteiger partial charge in [-0.2, -0.15) is 5.48 Å². The Morgan fingerprint density at radius 1 is 1.16 bits per heavy atom. The minimum Gasteiger partial charge on any atom is -0.396 e. The van der Waals surface area contributed by atoms with Gasteiger partial charge >= 0.3 is 11.7 Å². The van der Waals surface area contributed by atoms with Crippen molar-refractivity contribution in [3.8, 4) is 5.69 Å². The second-order valence-corrected chi connectivity index (χ2v) is 6.15. The summed E-state index contributed by atoms with van der Waals surface area (Å²) < 4.78 is 43.6. The van der Waals surface area contributed by atoms with Crippen LogP contribution in [0, 0.1) is 27.6 Å². The monoisotopic (exact) mass is 437 g/mol. The lowest BCUT2D eigenvalue weighted by atomic mass is 10.1. The van der Waals surface area contributed by atoms with Crippen molar-refractivity contribution >= 4 is 33.9 Å². The minimum absolute atomic E-state index is 0.425. The first-order chi connectivity index (χ1) is 14.6. The molecule has 0 bridgehead atoms. The summed E-state index contributed by atoms with van der Waals surface area (Å²) in [6, 6.07) is 1.90. The number of pyridine rings is 1. The number of nitro benzene ring substituents is 1. The van der Waals surface area contributed by atoms with E-state index in [1.54, 1.807) is 0 Å². The van der Waals surface area contributed by atoms with Crippen molar-refractivity contribution in [3.05, 3.63) is 67.7 Å². The third-order valence-corrected chi connectivity index (χ3v) is 4.39. The number of nitro groups is 1. The van der Waals surface area contributed by atoms with Crippen LogP contribution in [0.5, 0.6) is 0 Å².